The van der Waals surface area contributed by atoms with E-state index >= 15 is 0 Å². The summed E-state index contributed by atoms with van der Waals surface area (Å²) in [5.41, 5.74) is 2.73. The van der Waals surface area contributed by atoms with Gasteiger partial charge in [0.1, 0.15) is 0 Å². The third-order valence-electron chi connectivity index (χ3n) is 6.59. The first-order chi connectivity index (χ1) is 18.1. The Bertz CT molecular complexity index is 1390. The second-order valence-electron chi connectivity index (χ2n) is 9.37. The topological polar surface area (TPSA) is 90.0 Å². The number of piperazine rings is 1. The van der Waals surface area contributed by atoms with Gasteiger partial charge in [0.05, 0.1) is 11.4 Å². The summed E-state index contributed by atoms with van der Waals surface area (Å²) in [7, 11) is -1.96. The van der Waals surface area contributed by atoms with Crippen molar-refractivity contribution in [1.29, 1.82) is 0 Å². The summed E-state index contributed by atoms with van der Waals surface area (Å²) in [6.45, 7) is 4.55. The molecule has 1 aliphatic rings. The molecule has 0 bridgehead atoms. The first-order valence-electron chi connectivity index (χ1n) is 12.3. The fraction of sp³-hybridized carbons (Fsp3) is 0.286. The van der Waals surface area contributed by atoms with E-state index < -0.39 is 15.9 Å². The molecular weight excluding hydrogens is 524 g/mol. The Morgan fingerprint density at radius 3 is 2.18 bits per heavy atom. The molecule has 1 N–H and O–H groups in total. The largest absolute Gasteiger partial charge is 0.336 e. The van der Waals surface area contributed by atoms with Gasteiger partial charge in [-0.1, -0.05) is 35.9 Å². The molecule has 0 saturated carbocycles. The zero-order chi connectivity index (χ0) is 27.3. The highest BCUT2D eigenvalue weighted by Crippen LogP contribution is 2.22. The molecule has 0 spiro atoms. The molecule has 1 fully saturated rings. The van der Waals surface area contributed by atoms with Crippen LogP contribution in [0.15, 0.2) is 77.7 Å². The van der Waals surface area contributed by atoms with Gasteiger partial charge in [0, 0.05) is 49.0 Å². The lowest BCUT2D eigenvalue weighted by Gasteiger charge is -2.32. The van der Waals surface area contributed by atoms with Crippen molar-refractivity contribution in [3.05, 3.63) is 94.5 Å². The van der Waals surface area contributed by atoms with Gasteiger partial charge in [0.15, 0.2) is 0 Å². The normalized spacial score (nSPS) is 14.5. The standard InChI is InChI=1S/C28H31ClN4O4S/c1-21-5-3-4-6-23(21)19-33(38(36,37)26-13-9-24(29)10-14-26)20-27(34)30-25-11-7-22(8-12-25)28(35)32-17-15-31(2)16-18-32/h3-14H,15-20H2,1-2H3,(H,30,34). The number of amides is 2. The van der Waals surface area contributed by atoms with E-state index in [1.165, 1.54) is 24.3 Å². The number of aryl methyl sites for hydroxylation is 1. The first kappa shape index (κ1) is 27.8. The predicted octanol–water partition coefficient (Wildman–Crippen LogP) is 3.87. The number of rotatable bonds is 8. The Morgan fingerprint density at radius 1 is 0.921 bits per heavy atom. The van der Waals surface area contributed by atoms with Gasteiger partial charge in [0.2, 0.25) is 15.9 Å². The molecule has 0 radical (unpaired) electrons. The second-order valence-corrected chi connectivity index (χ2v) is 11.7. The molecule has 4 rings (SSSR count). The molecule has 3 aromatic rings. The van der Waals surface area contributed by atoms with Gasteiger partial charge in [-0.3, -0.25) is 9.59 Å². The first-order valence-corrected chi connectivity index (χ1v) is 14.1. The van der Waals surface area contributed by atoms with Crippen molar-refractivity contribution in [2.75, 3.05) is 45.1 Å². The molecule has 1 heterocycles. The molecule has 10 heteroatoms. The highest BCUT2D eigenvalue weighted by atomic mass is 35.5. The summed E-state index contributed by atoms with van der Waals surface area (Å²) < 4.78 is 28.1. The molecule has 8 nitrogen and oxygen atoms in total. The maximum atomic E-state index is 13.5. The van der Waals surface area contributed by atoms with Crippen molar-refractivity contribution in [2.24, 2.45) is 0 Å². The number of anilines is 1. The van der Waals surface area contributed by atoms with Crippen molar-refractivity contribution in [2.45, 2.75) is 18.4 Å². The van der Waals surface area contributed by atoms with Crippen LogP contribution in [0.5, 0.6) is 0 Å². The predicted molar refractivity (Wildman–Crippen MR) is 149 cm³/mol. The van der Waals surface area contributed by atoms with Crippen LogP contribution in [0.1, 0.15) is 21.5 Å². The van der Waals surface area contributed by atoms with Crippen LogP contribution in [-0.2, 0) is 21.4 Å². The Hall–Kier alpha value is -3.24. The number of nitrogens with one attached hydrogen (secondary N) is 1. The summed E-state index contributed by atoms with van der Waals surface area (Å²) in [6, 6.07) is 20.0. The van der Waals surface area contributed by atoms with Gasteiger partial charge in [0.25, 0.3) is 5.91 Å². The number of carbonyl (C=O) groups excluding carboxylic acids is 2. The van der Waals surface area contributed by atoms with Crippen LogP contribution in [0.4, 0.5) is 5.69 Å². The number of carbonyl (C=O) groups is 2. The summed E-state index contributed by atoms with van der Waals surface area (Å²) in [4.78, 5) is 29.8. The Kier molecular flexibility index (Phi) is 8.83. The van der Waals surface area contributed by atoms with E-state index in [4.69, 9.17) is 11.6 Å². The van der Waals surface area contributed by atoms with E-state index in [1.54, 1.807) is 24.3 Å². The third-order valence-corrected chi connectivity index (χ3v) is 8.64. The van der Waals surface area contributed by atoms with Gasteiger partial charge >= 0.3 is 0 Å². The quantitative estimate of drug-likeness (QED) is 0.456. The lowest BCUT2D eigenvalue weighted by Crippen LogP contribution is -2.47. The minimum atomic E-state index is -3.99. The molecule has 0 atom stereocenters. The van der Waals surface area contributed by atoms with Gasteiger partial charge in [-0.15, -0.1) is 0 Å². The zero-order valence-electron chi connectivity index (χ0n) is 21.4. The lowest BCUT2D eigenvalue weighted by molar-refractivity contribution is -0.116. The smallest absolute Gasteiger partial charge is 0.253 e. The van der Waals surface area contributed by atoms with E-state index in [9.17, 15) is 18.0 Å². The molecule has 1 saturated heterocycles. The minimum absolute atomic E-state index is 0.0313. The molecule has 3 aromatic carbocycles. The van der Waals surface area contributed by atoms with Crippen LogP contribution >= 0.6 is 11.6 Å². The van der Waals surface area contributed by atoms with Gasteiger partial charge in [-0.05, 0) is 73.6 Å². The number of hydrogen-bond acceptors (Lipinski definition) is 5. The second kappa shape index (κ2) is 12.1. The number of halogens is 1. The highest BCUT2D eigenvalue weighted by Gasteiger charge is 2.27. The summed E-state index contributed by atoms with van der Waals surface area (Å²) in [5.74, 6) is -0.538. The number of sulfonamides is 1. The van der Waals surface area contributed by atoms with Crippen LogP contribution in [-0.4, -0.2) is 74.1 Å². The molecular formula is C28H31ClN4O4S. The van der Waals surface area contributed by atoms with Crippen molar-refractivity contribution >= 4 is 39.1 Å². The lowest BCUT2D eigenvalue weighted by atomic mass is 10.1. The monoisotopic (exact) mass is 554 g/mol. The number of hydrogen-bond donors (Lipinski definition) is 1. The van der Waals surface area contributed by atoms with E-state index in [0.29, 0.717) is 29.4 Å². The maximum Gasteiger partial charge on any atom is 0.253 e. The van der Waals surface area contributed by atoms with Crippen LogP contribution in [0.3, 0.4) is 0 Å². The molecule has 2 amide bonds. The van der Waals surface area contributed by atoms with Crippen LogP contribution in [0.25, 0.3) is 0 Å². The zero-order valence-corrected chi connectivity index (χ0v) is 23.0. The minimum Gasteiger partial charge on any atom is -0.336 e. The van der Waals surface area contributed by atoms with Crippen molar-refractivity contribution in [1.82, 2.24) is 14.1 Å². The Balaban J connectivity index is 1.48. The molecule has 0 unspecified atom stereocenters. The van der Waals surface area contributed by atoms with Gasteiger partial charge in [-0.2, -0.15) is 4.31 Å². The third kappa shape index (κ3) is 6.79. The van der Waals surface area contributed by atoms with Gasteiger partial charge < -0.3 is 15.1 Å². The molecule has 0 aliphatic carbocycles. The summed E-state index contributed by atoms with van der Waals surface area (Å²) in [6.07, 6.45) is 0. The number of benzene rings is 3. The number of nitrogens with zero attached hydrogens (tertiary/aromatic N) is 3. The van der Waals surface area contributed by atoms with E-state index in [-0.39, 0.29) is 23.9 Å². The van der Waals surface area contributed by atoms with E-state index in [0.717, 1.165) is 28.5 Å². The maximum absolute atomic E-state index is 13.5. The Labute approximate surface area is 228 Å². The van der Waals surface area contributed by atoms with E-state index in [2.05, 4.69) is 10.2 Å². The SMILES string of the molecule is Cc1ccccc1CN(CC(=O)Nc1ccc(C(=O)N2CCN(C)CC2)cc1)S(=O)(=O)c1ccc(Cl)cc1. The van der Waals surface area contributed by atoms with Crippen LogP contribution in [0, 0.1) is 6.92 Å². The highest BCUT2D eigenvalue weighted by molar-refractivity contribution is 7.89. The molecule has 38 heavy (non-hydrogen) atoms. The average Bonchev–Trinajstić information content (AvgIpc) is 2.90. The Morgan fingerprint density at radius 2 is 1.55 bits per heavy atom. The fourth-order valence-electron chi connectivity index (χ4n) is 4.21. The van der Waals surface area contributed by atoms with Crippen molar-refractivity contribution < 1.29 is 18.0 Å². The van der Waals surface area contributed by atoms with Crippen LogP contribution in [0.2, 0.25) is 5.02 Å². The molecule has 200 valence electrons. The average molecular weight is 555 g/mol. The fourth-order valence-corrected chi connectivity index (χ4v) is 5.71. The van der Waals surface area contributed by atoms with Crippen molar-refractivity contribution in [3.63, 3.8) is 0 Å². The van der Waals surface area contributed by atoms with E-state index in [1.807, 2.05) is 43.1 Å². The number of likely N-dealkylation sites (N-methyl/N-ethyl adjacent to an activating group) is 1. The van der Waals surface area contributed by atoms with Crippen molar-refractivity contribution in [3.8, 4) is 0 Å². The van der Waals surface area contributed by atoms with Gasteiger partial charge in [-0.25, -0.2) is 8.42 Å². The molecule has 1 aliphatic heterocycles. The van der Waals surface area contributed by atoms with Crippen LogP contribution < -0.4 is 5.32 Å². The summed E-state index contributed by atoms with van der Waals surface area (Å²) in [5, 5.41) is 3.18. The summed E-state index contributed by atoms with van der Waals surface area (Å²) >= 11 is 5.95. The molecule has 0 aromatic heterocycles.